The third kappa shape index (κ3) is 5.58. The van der Waals surface area contributed by atoms with Gasteiger partial charge in [-0.25, -0.2) is 0 Å². The zero-order valence-electron chi connectivity index (χ0n) is 14.4. The smallest absolute Gasteiger partial charge is 0.308 e. The Morgan fingerprint density at radius 3 is 2.61 bits per heavy atom. The van der Waals surface area contributed by atoms with Crippen LogP contribution in [0.3, 0.4) is 0 Å². The lowest BCUT2D eigenvalue weighted by Gasteiger charge is -2.13. The highest BCUT2D eigenvalue weighted by Gasteiger charge is 2.11. The quantitative estimate of drug-likeness (QED) is 0.621. The summed E-state index contributed by atoms with van der Waals surface area (Å²) in [4.78, 5) is 19.8. The van der Waals surface area contributed by atoms with Gasteiger partial charge in [-0.2, -0.15) is 0 Å². The number of nitrogens with one attached hydrogen (secondary N) is 1. The summed E-state index contributed by atoms with van der Waals surface area (Å²) in [5, 5.41) is 2.99. The summed E-state index contributed by atoms with van der Waals surface area (Å²) >= 11 is 0. The summed E-state index contributed by atoms with van der Waals surface area (Å²) in [5.41, 5.74) is 9.87. The van der Waals surface area contributed by atoms with Crippen molar-refractivity contribution in [2.75, 3.05) is 7.05 Å². The number of carbonyl (C=O) groups excluding carboxylic acids is 1. The molecule has 23 heavy (non-hydrogen) atoms. The number of nitrogens with zero attached hydrogens (tertiary/aromatic N) is 2. The van der Waals surface area contributed by atoms with Crippen molar-refractivity contribution in [1.29, 1.82) is 0 Å². The van der Waals surface area contributed by atoms with E-state index >= 15 is 0 Å². The molecule has 3 N–H and O–H groups in total. The van der Waals surface area contributed by atoms with E-state index in [0.29, 0.717) is 23.7 Å². The van der Waals surface area contributed by atoms with Crippen molar-refractivity contribution < 1.29 is 9.53 Å². The van der Waals surface area contributed by atoms with E-state index < -0.39 is 0 Å². The van der Waals surface area contributed by atoms with Crippen LogP contribution in [-0.2, 0) is 4.79 Å². The number of carbonyl (C=O) groups is 1. The maximum Gasteiger partial charge on any atom is 0.308 e. The number of aliphatic imine (C=N–C) groups is 1. The first-order valence-electron chi connectivity index (χ1n) is 7.23. The summed E-state index contributed by atoms with van der Waals surface area (Å²) in [7, 11) is 1.72. The molecule has 1 heterocycles. The summed E-state index contributed by atoms with van der Waals surface area (Å²) in [6.45, 7) is 10.7. The van der Waals surface area contributed by atoms with Crippen molar-refractivity contribution in [3.05, 3.63) is 47.2 Å². The fourth-order valence-corrected chi connectivity index (χ4v) is 1.97. The fourth-order valence-electron chi connectivity index (χ4n) is 1.97. The van der Waals surface area contributed by atoms with Gasteiger partial charge in [0.1, 0.15) is 0 Å². The van der Waals surface area contributed by atoms with E-state index in [4.69, 9.17) is 10.5 Å². The van der Waals surface area contributed by atoms with Crippen molar-refractivity contribution in [3.63, 3.8) is 0 Å². The molecule has 0 saturated carbocycles. The molecule has 1 rings (SSSR count). The Morgan fingerprint density at radius 2 is 2.09 bits per heavy atom. The van der Waals surface area contributed by atoms with Gasteiger partial charge in [0.15, 0.2) is 5.75 Å². The highest BCUT2D eigenvalue weighted by molar-refractivity contribution is 6.02. The second kappa shape index (κ2) is 8.12. The number of pyridine rings is 1. The molecule has 0 spiro atoms. The number of rotatable bonds is 6. The van der Waals surface area contributed by atoms with Crippen LogP contribution >= 0.6 is 0 Å². The maximum absolute atomic E-state index is 11.2. The Kier molecular flexibility index (Phi) is 6.50. The van der Waals surface area contributed by atoms with Crippen LogP contribution in [0.25, 0.3) is 0 Å². The van der Waals surface area contributed by atoms with Crippen LogP contribution in [0, 0.1) is 6.92 Å². The fraction of sp³-hybridized carbons (Fsp3) is 0.353. The number of esters is 1. The molecule has 6 nitrogen and oxygen atoms in total. The Labute approximate surface area is 137 Å². The van der Waals surface area contributed by atoms with Crippen molar-refractivity contribution in [2.45, 2.75) is 34.1 Å². The molecule has 124 valence electrons. The molecule has 0 atom stereocenters. The first-order valence-corrected chi connectivity index (χ1v) is 7.23. The molecule has 1 aromatic rings. The van der Waals surface area contributed by atoms with Crippen molar-refractivity contribution in [2.24, 2.45) is 10.7 Å². The van der Waals surface area contributed by atoms with Gasteiger partial charge >= 0.3 is 5.97 Å². The van der Waals surface area contributed by atoms with E-state index in [9.17, 15) is 4.79 Å². The van der Waals surface area contributed by atoms with E-state index in [-0.39, 0.29) is 5.97 Å². The van der Waals surface area contributed by atoms with Crippen LogP contribution in [0.15, 0.2) is 40.9 Å². The number of hydrogen-bond acceptors (Lipinski definition) is 6. The minimum Gasteiger partial charge on any atom is -0.425 e. The highest BCUT2D eigenvalue weighted by Crippen LogP contribution is 2.20. The molecular formula is C17H24N4O2. The number of nitrogens with two attached hydrogens (primary N) is 1. The zero-order chi connectivity index (χ0) is 17.6. The predicted molar refractivity (Wildman–Crippen MR) is 92.2 cm³/mol. The molecule has 0 unspecified atom stereocenters. The second-order valence-electron chi connectivity index (χ2n) is 5.30. The average Bonchev–Trinajstić information content (AvgIpc) is 2.45. The van der Waals surface area contributed by atoms with Crippen LogP contribution in [0.2, 0.25) is 0 Å². The summed E-state index contributed by atoms with van der Waals surface area (Å²) in [6.07, 6.45) is 2.34. The lowest BCUT2D eigenvalue weighted by molar-refractivity contribution is -0.131. The number of hydrogen-bond donors (Lipinski definition) is 2. The van der Waals surface area contributed by atoms with Gasteiger partial charge in [-0.15, -0.1) is 0 Å². The van der Waals surface area contributed by atoms with E-state index in [1.165, 1.54) is 6.92 Å². The zero-order valence-corrected chi connectivity index (χ0v) is 14.4. The Morgan fingerprint density at radius 1 is 1.43 bits per heavy atom. The molecule has 0 saturated heterocycles. The topological polar surface area (TPSA) is 89.6 Å². The van der Waals surface area contributed by atoms with Crippen molar-refractivity contribution in [1.82, 2.24) is 10.3 Å². The number of aryl methyl sites for hydroxylation is 1. The molecule has 0 fully saturated rings. The van der Waals surface area contributed by atoms with Gasteiger partial charge in [-0.05, 0) is 32.4 Å². The van der Waals surface area contributed by atoms with Gasteiger partial charge in [-0.1, -0.05) is 6.58 Å². The van der Waals surface area contributed by atoms with E-state index in [2.05, 4.69) is 21.9 Å². The molecule has 6 heteroatoms. The minimum absolute atomic E-state index is 0.375. The molecule has 0 aliphatic carbocycles. The normalized spacial score (nSPS) is 12.5. The Bertz CT molecular complexity index is 675. The standard InChI is InChI=1S/C17H24N4O2/c1-10(11(2)21-13(4)18)7-16(19-6)15-8-17(23-14(5)22)12(3)20-9-15/h8-9,21H,4,7,18H2,1-3,5-6H3/b11-10+,19-16?. The maximum atomic E-state index is 11.2. The molecule has 0 aromatic carbocycles. The molecule has 0 radical (unpaired) electrons. The molecule has 0 amide bonds. The van der Waals surface area contributed by atoms with Crippen LogP contribution in [-0.4, -0.2) is 23.7 Å². The van der Waals surface area contributed by atoms with Gasteiger partial charge in [-0.3, -0.25) is 14.8 Å². The molecule has 0 bridgehead atoms. The van der Waals surface area contributed by atoms with Gasteiger partial charge in [0.05, 0.1) is 11.5 Å². The molecular weight excluding hydrogens is 292 g/mol. The SMILES string of the molecule is C=C(N)N/C(C)=C(\C)CC(=NC)c1cnc(C)c(OC(C)=O)c1. The van der Waals surface area contributed by atoms with Gasteiger partial charge < -0.3 is 15.8 Å². The van der Waals surface area contributed by atoms with Gasteiger partial charge in [0.25, 0.3) is 0 Å². The molecule has 1 aromatic heterocycles. The molecule has 0 aliphatic heterocycles. The Hall–Kier alpha value is -2.63. The summed E-state index contributed by atoms with van der Waals surface area (Å²) in [5.74, 6) is 0.466. The van der Waals surface area contributed by atoms with E-state index in [1.54, 1.807) is 26.2 Å². The number of allylic oxidation sites excluding steroid dienone is 2. The van der Waals surface area contributed by atoms with Crippen LogP contribution < -0.4 is 15.8 Å². The lowest BCUT2D eigenvalue weighted by Crippen LogP contribution is -2.18. The third-order valence-electron chi connectivity index (χ3n) is 3.32. The first kappa shape index (κ1) is 18.4. The van der Waals surface area contributed by atoms with Gasteiger partial charge in [0, 0.05) is 43.6 Å². The Balaban J connectivity index is 3.08. The summed E-state index contributed by atoms with van der Waals surface area (Å²) < 4.78 is 5.18. The lowest BCUT2D eigenvalue weighted by atomic mass is 10.0. The predicted octanol–water partition coefficient (Wildman–Crippen LogP) is 2.44. The van der Waals surface area contributed by atoms with Crippen LogP contribution in [0.4, 0.5) is 0 Å². The van der Waals surface area contributed by atoms with E-state index in [1.807, 2.05) is 13.8 Å². The first-order chi connectivity index (χ1) is 10.7. The average molecular weight is 316 g/mol. The number of aromatic nitrogens is 1. The van der Waals surface area contributed by atoms with Crippen molar-refractivity contribution in [3.8, 4) is 5.75 Å². The third-order valence-corrected chi connectivity index (χ3v) is 3.32. The minimum atomic E-state index is -0.375. The summed E-state index contributed by atoms with van der Waals surface area (Å²) in [6, 6.07) is 1.78. The molecule has 0 aliphatic rings. The monoisotopic (exact) mass is 316 g/mol. The van der Waals surface area contributed by atoms with Gasteiger partial charge in [0.2, 0.25) is 0 Å². The second-order valence-corrected chi connectivity index (χ2v) is 5.30. The largest absolute Gasteiger partial charge is 0.425 e. The van der Waals surface area contributed by atoms with Crippen molar-refractivity contribution >= 4 is 11.7 Å². The van der Waals surface area contributed by atoms with Crippen LogP contribution in [0.1, 0.15) is 38.4 Å². The van der Waals surface area contributed by atoms with Crippen LogP contribution in [0.5, 0.6) is 5.75 Å². The number of ether oxygens (including phenoxy) is 1. The highest BCUT2D eigenvalue weighted by atomic mass is 16.5. The van der Waals surface area contributed by atoms with E-state index in [0.717, 1.165) is 22.5 Å².